The standard InChI is InChI=1S/C20H27NO4/c1-23-16-6-17(24-2)8-18(7-16)25-12-19(22)21-20-9-13-3-14(10-20)5-15(4-13)11-20/h6-8,13-15H,3-5,9-12H2,1-2H3,(H,21,22). The van der Waals surface area contributed by atoms with Crippen LogP contribution < -0.4 is 19.5 Å². The molecule has 1 amide bonds. The maximum absolute atomic E-state index is 12.5. The summed E-state index contributed by atoms with van der Waals surface area (Å²) in [5.41, 5.74) is 0.0290. The Morgan fingerprint density at radius 2 is 1.44 bits per heavy atom. The van der Waals surface area contributed by atoms with E-state index in [1.54, 1.807) is 32.4 Å². The number of benzene rings is 1. The molecule has 1 aromatic rings. The molecule has 0 radical (unpaired) electrons. The average Bonchev–Trinajstić information content (AvgIpc) is 2.58. The molecule has 0 aliphatic heterocycles. The fourth-order valence-electron chi connectivity index (χ4n) is 5.61. The zero-order chi connectivity index (χ0) is 17.4. The summed E-state index contributed by atoms with van der Waals surface area (Å²) in [5, 5.41) is 3.33. The van der Waals surface area contributed by atoms with Gasteiger partial charge >= 0.3 is 0 Å². The van der Waals surface area contributed by atoms with E-state index in [9.17, 15) is 4.79 Å². The molecule has 0 unspecified atom stereocenters. The zero-order valence-corrected chi connectivity index (χ0v) is 15.0. The number of amides is 1. The minimum Gasteiger partial charge on any atom is -0.496 e. The molecule has 5 rings (SSSR count). The van der Waals surface area contributed by atoms with Crippen LogP contribution >= 0.6 is 0 Å². The Hall–Kier alpha value is -1.91. The first kappa shape index (κ1) is 16.6. The summed E-state index contributed by atoms with van der Waals surface area (Å²) < 4.78 is 16.2. The molecule has 5 heteroatoms. The topological polar surface area (TPSA) is 56.8 Å². The van der Waals surface area contributed by atoms with Crippen LogP contribution in [0, 0.1) is 17.8 Å². The lowest BCUT2D eigenvalue weighted by Crippen LogP contribution is -2.60. The van der Waals surface area contributed by atoms with Crippen molar-refractivity contribution in [1.29, 1.82) is 0 Å². The molecule has 4 aliphatic rings. The van der Waals surface area contributed by atoms with Crippen LogP contribution in [-0.4, -0.2) is 32.3 Å². The quantitative estimate of drug-likeness (QED) is 0.860. The van der Waals surface area contributed by atoms with Crippen LogP contribution in [0.25, 0.3) is 0 Å². The van der Waals surface area contributed by atoms with Gasteiger partial charge in [-0.2, -0.15) is 0 Å². The highest BCUT2D eigenvalue weighted by Crippen LogP contribution is 2.55. The largest absolute Gasteiger partial charge is 0.496 e. The van der Waals surface area contributed by atoms with Gasteiger partial charge in [0.05, 0.1) is 14.2 Å². The van der Waals surface area contributed by atoms with Crippen molar-refractivity contribution in [1.82, 2.24) is 5.32 Å². The second-order valence-electron chi connectivity index (χ2n) is 8.08. The number of rotatable bonds is 6. The highest BCUT2D eigenvalue weighted by molar-refractivity contribution is 5.78. The lowest BCUT2D eigenvalue weighted by molar-refractivity contribution is -0.128. The third-order valence-electron chi connectivity index (χ3n) is 6.14. The molecule has 4 bridgehead atoms. The van der Waals surface area contributed by atoms with Crippen molar-refractivity contribution >= 4 is 5.91 Å². The smallest absolute Gasteiger partial charge is 0.258 e. The van der Waals surface area contributed by atoms with E-state index < -0.39 is 0 Å². The lowest BCUT2D eigenvalue weighted by Gasteiger charge is -2.56. The molecular formula is C20H27NO4. The number of carbonyl (C=O) groups excluding carboxylic acids is 1. The number of nitrogens with one attached hydrogen (secondary N) is 1. The molecular weight excluding hydrogens is 318 g/mol. The van der Waals surface area contributed by atoms with E-state index in [0.717, 1.165) is 37.0 Å². The van der Waals surface area contributed by atoms with Gasteiger partial charge in [0.15, 0.2) is 6.61 Å². The van der Waals surface area contributed by atoms with Crippen molar-refractivity contribution in [3.05, 3.63) is 18.2 Å². The van der Waals surface area contributed by atoms with Gasteiger partial charge in [-0.1, -0.05) is 0 Å². The Labute approximate surface area is 149 Å². The molecule has 4 saturated carbocycles. The highest BCUT2D eigenvalue weighted by Gasteiger charge is 2.51. The van der Waals surface area contributed by atoms with Crippen molar-refractivity contribution in [3.63, 3.8) is 0 Å². The highest BCUT2D eigenvalue weighted by atomic mass is 16.5. The van der Waals surface area contributed by atoms with Crippen LogP contribution in [0.3, 0.4) is 0 Å². The van der Waals surface area contributed by atoms with Crippen molar-refractivity contribution in [2.24, 2.45) is 17.8 Å². The van der Waals surface area contributed by atoms with E-state index >= 15 is 0 Å². The first-order valence-electron chi connectivity index (χ1n) is 9.24. The third kappa shape index (κ3) is 3.42. The van der Waals surface area contributed by atoms with Crippen LogP contribution in [0.4, 0.5) is 0 Å². The van der Waals surface area contributed by atoms with E-state index in [1.807, 2.05) is 0 Å². The van der Waals surface area contributed by atoms with Gasteiger partial charge in [-0.3, -0.25) is 4.79 Å². The van der Waals surface area contributed by atoms with Gasteiger partial charge in [0.2, 0.25) is 0 Å². The Kier molecular flexibility index (Phi) is 4.26. The SMILES string of the molecule is COc1cc(OC)cc(OCC(=O)NC23CC4CC(CC(C4)C2)C3)c1. The molecule has 0 saturated heterocycles. The molecule has 25 heavy (non-hydrogen) atoms. The number of ether oxygens (including phenoxy) is 3. The van der Waals surface area contributed by atoms with E-state index in [4.69, 9.17) is 14.2 Å². The predicted octanol–water partition coefficient (Wildman–Crippen LogP) is 3.17. The second-order valence-corrected chi connectivity index (χ2v) is 8.08. The van der Waals surface area contributed by atoms with E-state index in [0.29, 0.717) is 17.2 Å². The fourth-order valence-corrected chi connectivity index (χ4v) is 5.61. The van der Waals surface area contributed by atoms with E-state index in [-0.39, 0.29) is 18.1 Å². The van der Waals surface area contributed by atoms with Gasteiger partial charge in [-0.05, 0) is 56.3 Å². The van der Waals surface area contributed by atoms with Crippen molar-refractivity contribution in [3.8, 4) is 17.2 Å². The molecule has 1 N–H and O–H groups in total. The van der Waals surface area contributed by atoms with Gasteiger partial charge in [-0.15, -0.1) is 0 Å². The maximum Gasteiger partial charge on any atom is 0.258 e. The zero-order valence-electron chi connectivity index (χ0n) is 15.0. The summed E-state index contributed by atoms with van der Waals surface area (Å²) in [6.07, 6.45) is 7.56. The lowest BCUT2D eigenvalue weighted by atomic mass is 9.53. The van der Waals surface area contributed by atoms with Crippen LogP contribution in [0.15, 0.2) is 18.2 Å². The summed E-state index contributed by atoms with van der Waals surface area (Å²) in [5.74, 6) is 4.30. The van der Waals surface area contributed by atoms with Gasteiger partial charge in [0.1, 0.15) is 17.2 Å². The Morgan fingerprint density at radius 3 is 1.92 bits per heavy atom. The predicted molar refractivity (Wildman–Crippen MR) is 94.1 cm³/mol. The molecule has 0 spiro atoms. The number of methoxy groups -OCH3 is 2. The number of hydrogen-bond donors (Lipinski definition) is 1. The first-order chi connectivity index (χ1) is 12.1. The van der Waals surface area contributed by atoms with Crippen molar-refractivity contribution in [2.75, 3.05) is 20.8 Å². The van der Waals surface area contributed by atoms with Crippen LogP contribution in [0.5, 0.6) is 17.2 Å². The average molecular weight is 345 g/mol. The monoisotopic (exact) mass is 345 g/mol. The Morgan fingerprint density at radius 1 is 0.960 bits per heavy atom. The van der Waals surface area contributed by atoms with E-state index in [2.05, 4.69) is 5.32 Å². The molecule has 4 aliphatic carbocycles. The van der Waals surface area contributed by atoms with Gasteiger partial charge in [0, 0.05) is 23.7 Å². The molecule has 136 valence electrons. The van der Waals surface area contributed by atoms with E-state index in [1.165, 1.54) is 19.3 Å². The molecule has 0 atom stereocenters. The summed E-state index contributed by atoms with van der Waals surface area (Å²) >= 11 is 0. The summed E-state index contributed by atoms with van der Waals surface area (Å²) in [4.78, 5) is 12.5. The number of hydrogen-bond acceptors (Lipinski definition) is 4. The first-order valence-corrected chi connectivity index (χ1v) is 9.24. The molecule has 1 aromatic carbocycles. The van der Waals surface area contributed by atoms with Crippen LogP contribution in [0.2, 0.25) is 0 Å². The normalized spacial score (nSPS) is 32.3. The Bertz CT molecular complexity index is 600. The van der Waals surface area contributed by atoms with Crippen molar-refractivity contribution in [2.45, 2.75) is 44.1 Å². The molecule has 5 nitrogen and oxygen atoms in total. The van der Waals surface area contributed by atoms with Gasteiger partial charge in [-0.25, -0.2) is 0 Å². The third-order valence-corrected chi connectivity index (χ3v) is 6.14. The van der Waals surface area contributed by atoms with Crippen molar-refractivity contribution < 1.29 is 19.0 Å². The molecule has 0 aromatic heterocycles. The number of carbonyl (C=O) groups is 1. The summed E-state index contributed by atoms with van der Waals surface area (Å²) in [7, 11) is 3.19. The Balaban J connectivity index is 1.37. The van der Waals surface area contributed by atoms with Crippen LogP contribution in [-0.2, 0) is 4.79 Å². The minimum absolute atomic E-state index is 0.0243. The van der Waals surface area contributed by atoms with Gasteiger partial charge < -0.3 is 19.5 Å². The summed E-state index contributed by atoms with van der Waals surface area (Å²) in [6, 6.07) is 5.31. The summed E-state index contributed by atoms with van der Waals surface area (Å²) in [6.45, 7) is 0.0259. The minimum atomic E-state index is -0.0243. The molecule has 4 fully saturated rings. The molecule has 0 heterocycles. The maximum atomic E-state index is 12.5. The van der Waals surface area contributed by atoms with Gasteiger partial charge in [0.25, 0.3) is 5.91 Å². The fraction of sp³-hybridized carbons (Fsp3) is 0.650. The van der Waals surface area contributed by atoms with Crippen LogP contribution in [0.1, 0.15) is 38.5 Å². The second kappa shape index (κ2) is 6.43.